The van der Waals surface area contributed by atoms with Gasteiger partial charge in [0.2, 0.25) is 7.59 Å². The number of thiol groups is 1. The fraction of sp³-hybridized carbons (Fsp3) is 0.500. The molecule has 0 aliphatic carbocycles. The Morgan fingerprint density at radius 1 is 0.812 bits per heavy atom. The highest BCUT2D eigenvalue weighted by Crippen LogP contribution is 2.39. The molecule has 0 radical (unpaired) electrons. The molecule has 0 N–H and O–H groups in total. The number of halogens is 6. The van der Waals surface area contributed by atoms with E-state index in [0.717, 1.165) is 0 Å². The van der Waals surface area contributed by atoms with E-state index in [-0.39, 0.29) is 23.2 Å². The molecule has 0 unspecified atom stereocenters. The first-order chi connectivity index (χ1) is 7.14. The molecule has 0 aliphatic rings. The third kappa shape index (κ3) is 4.09. The van der Waals surface area contributed by atoms with Crippen molar-refractivity contribution in [1.82, 2.24) is 15.0 Å². The summed E-state index contributed by atoms with van der Waals surface area (Å²) in [7, 11) is 0. The van der Waals surface area contributed by atoms with Gasteiger partial charge >= 0.3 is 0 Å². The van der Waals surface area contributed by atoms with Crippen molar-refractivity contribution in [2.75, 3.05) is 0 Å². The number of nitrogens with zero attached hydrogens (tertiary/aromatic N) is 3. The summed E-state index contributed by atoms with van der Waals surface area (Å²) in [6.45, 7) is 0. The lowest BCUT2D eigenvalue weighted by atomic mass is 10.5. The number of alkyl halides is 6. The molecular formula is C6H3Cl6N3S. The zero-order valence-corrected chi connectivity index (χ0v) is 12.7. The highest BCUT2D eigenvalue weighted by Gasteiger charge is 2.33. The summed E-state index contributed by atoms with van der Waals surface area (Å²) in [4.78, 5) is 11.5. The van der Waals surface area contributed by atoms with Crippen LogP contribution in [-0.2, 0) is 13.3 Å². The van der Waals surface area contributed by atoms with Gasteiger partial charge in [0.25, 0.3) is 0 Å². The molecular weight excluding hydrogens is 359 g/mol. The van der Waals surface area contributed by atoms with E-state index in [9.17, 15) is 0 Å². The van der Waals surface area contributed by atoms with E-state index in [4.69, 9.17) is 69.6 Å². The predicted molar refractivity (Wildman–Crippen MR) is 71.0 cm³/mol. The van der Waals surface area contributed by atoms with Gasteiger partial charge in [-0.3, -0.25) is 0 Å². The Hall–Kier alpha value is 1.10. The first-order valence-corrected chi connectivity index (χ1v) is 6.55. The zero-order chi connectivity index (χ0) is 12.6. The second-order valence-corrected chi connectivity index (χ2v) is 7.43. The van der Waals surface area contributed by atoms with Gasteiger partial charge in [0.05, 0.1) is 5.75 Å². The average Bonchev–Trinajstić information content (AvgIpc) is 2.14. The Bertz CT molecular complexity index is 355. The monoisotopic (exact) mass is 359 g/mol. The fourth-order valence-electron chi connectivity index (χ4n) is 0.744. The first kappa shape index (κ1) is 15.2. The van der Waals surface area contributed by atoms with Crippen molar-refractivity contribution in [3.63, 3.8) is 0 Å². The van der Waals surface area contributed by atoms with Crippen LogP contribution in [0.1, 0.15) is 17.5 Å². The van der Waals surface area contributed by atoms with Crippen molar-refractivity contribution in [3.8, 4) is 0 Å². The molecule has 1 aromatic rings. The number of rotatable bonds is 1. The van der Waals surface area contributed by atoms with Crippen molar-refractivity contribution in [3.05, 3.63) is 17.5 Å². The molecule has 0 aromatic carbocycles. The molecule has 0 aliphatic heterocycles. The third-order valence-corrected chi connectivity index (χ3v) is 2.63. The summed E-state index contributed by atoms with van der Waals surface area (Å²) in [6.07, 6.45) is 0. The molecule has 1 heterocycles. The molecule has 0 bridgehead atoms. The van der Waals surface area contributed by atoms with Crippen LogP contribution in [0, 0.1) is 0 Å². The van der Waals surface area contributed by atoms with Crippen LogP contribution in [0.5, 0.6) is 0 Å². The number of hydrogen-bond donors (Lipinski definition) is 1. The highest BCUT2D eigenvalue weighted by molar-refractivity contribution is 7.79. The van der Waals surface area contributed by atoms with Crippen LogP contribution in [0.15, 0.2) is 0 Å². The summed E-state index contributed by atoms with van der Waals surface area (Å²) in [5.74, 6) is 0.223. The Morgan fingerprint density at radius 3 is 1.44 bits per heavy atom. The molecule has 0 saturated heterocycles. The molecule has 3 nitrogen and oxygen atoms in total. The first-order valence-electron chi connectivity index (χ1n) is 3.65. The van der Waals surface area contributed by atoms with Gasteiger partial charge in [-0.25, -0.2) is 15.0 Å². The van der Waals surface area contributed by atoms with E-state index < -0.39 is 7.59 Å². The largest absolute Gasteiger partial charge is 0.250 e. The molecule has 10 heteroatoms. The van der Waals surface area contributed by atoms with Crippen molar-refractivity contribution in [1.29, 1.82) is 0 Å². The van der Waals surface area contributed by atoms with Crippen LogP contribution < -0.4 is 0 Å². The van der Waals surface area contributed by atoms with Gasteiger partial charge in [0.15, 0.2) is 11.6 Å². The van der Waals surface area contributed by atoms with E-state index in [0.29, 0.717) is 0 Å². The van der Waals surface area contributed by atoms with Crippen molar-refractivity contribution in [2.45, 2.75) is 13.3 Å². The van der Waals surface area contributed by atoms with Gasteiger partial charge in [0, 0.05) is 0 Å². The smallest absolute Gasteiger partial charge is 0.212 e. The summed E-state index contributed by atoms with van der Waals surface area (Å²) >= 11 is 37.8. The minimum atomic E-state index is -1.81. The molecule has 0 fully saturated rings. The van der Waals surface area contributed by atoms with Gasteiger partial charge < -0.3 is 0 Å². The second-order valence-electron chi connectivity index (χ2n) is 2.55. The van der Waals surface area contributed by atoms with Crippen LogP contribution in [0.3, 0.4) is 0 Å². The Kier molecular flexibility index (Phi) is 5.11. The van der Waals surface area contributed by atoms with Crippen molar-refractivity contribution < 1.29 is 0 Å². The third-order valence-electron chi connectivity index (χ3n) is 1.33. The van der Waals surface area contributed by atoms with Crippen LogP contribution in [-0.4, -0.2) is 15.0 Å². The minimum absolute atomic E-state index is 0.113. The maximum atomic E-state index is 5.63. The zero-order valence-electron chi connectivity index (χ0n) is 7.26. The molecule has 0 atom stereocenters. The molecule has 16 heavy (non-hydrogen) atoms. The molecule has 0 spiro atoms. The molecule has 0 saturated carbocycles. The summed E-state index contributed by atoms with van der Waals surface area (Å²) in [6, 6.07) is 0. The van der Waals surface area contributed by atoms with E-state index >= 15 is 0 Å². The average molecular weight is 362 g/mol. The van der Waals surface area contributed by atoms with Crippen molar-refractivity contribution in [2.24, 2.45) is 0 Å². The van der Waals surface area contributed by atoms with Crippen molar-refractivity contribution >= 4 is 82.2 Å². The van der Waals surface area contributed by atoms with Crippen LogP contribution in [0.2, 0.25) is 0 Å². The van der Waals surface area contributed by atoms with E-state index in [1.165, 1.54) is 0 Å². The van der Waals surface area contributed by atoms with Gasteiger partial charge in [-0.05, 0) is 0 Å². The second kappa shape index (κ2) is 5.39. The fourth-order valence-corrected chi connectivity index (χ4v) is 1.39. The van der Waals surface area contributed by atoms with Gasteiger partial charge in [0.1, 0.15) is 5.82 Å². The topological polar surface area (TPSA) is 38.7 Å². The Balaban J connectivity index is 3.33. The summed E-state index contributed by atoms with van der Waals surface area (Å²) in [5, 5.41) is 0. The normalized spacial score (nSPS) is 12.9. The SMILES string of the molecule is SCc1nc(C(Cl)(Cl)Cl)nc(C(Cl)(Cl)Cl)n1. The van der Waals surface area contributed by atoms with Crippen LogP contribution in [0.25, 0.3) is 0 Å². The highest BCUT2D eigenvalue weighted by atomic mass is 35.6. The van der Waals surface area contributed by atoms with E-state index in [1.807, 2.05) is 0 Å². The quantitative estimate of drug-likeness (QED) is 0.608. The Labute approximate surface area is 127 Å². The molecule has 0 amide bonds. The van der Waals surface area contributed by atoms with Crippen LogP contribution >= 0.6 is 82.2 Å². The molecule has 1 aromatic heterocycles. The van der Waals surface area contributed by atoms with Crippen LogP contribution in [0.4, 0.5) is 0 Å². The summed E-state index contributed by atoms with van der Waals surface area (Å²) in [5.41, 5.74) is 0. The number of hydrogen-bond acceptors (Lipinski definition) is 4. The maximum Gasteiger partial charge on any atom is 0.250 e. The van der Waals surface area contributed by atoms with Gasteiger partial charge in [-0.2, -0.15) is 12.6 Å². The lowest BCUT2D eigenvalue weighted by Crippen LogP contribution is -2.17. The standard InChI is InChI=1S/C6H3Cl6N3S/c7-5(8,9)3-13-2(1-16)14-4(15-3)6(10,11)12/h16H,1H2. The number of aromatic nitrogens is 3. The van der Waals surface area contributed by atoms with Gasteiger partial charge in [-0.15, -0.1) is 0 Å². The molecule has 90 valence electrons. The van der Waals surface area contributed by atoms with Gasteiger partial charge in [-0.1, -0.05) is 69.6 Å². The maximum absolute atomic E-state index is 5.63. The lowest BCUT2D eigenvalue weighted by Gasteiger charge is -2.14. The summed E-state index contributed by atoms with van der Waals surface area (Å²) < 4.78 is -3.63. The predicted octanol–water partition coefficient (Wildman–Crippen LogP) is 3.95. The Morgan fingerprint density at radius 2 is 1.19 bits per heavy atom. The van der Waals surface area contributed by atoms with E-state index in [1.54, 1.807) is 0 Å². The molecule has 1 rings (SSSR count). The lowest BCUT2D eigenvalue weighted by molar-refractivity contribution is 0.808. The van der Waals surface area contributed by atoms with E-state index in [2.05, 4.69) is 27.6 Å². The minimum Gasteiger partial charge on any atom is -0.212 e.